The van der Waals surface area contributed by atoms with Crippen LogP contribution in [-0.2, 0) is 15.8 Å². The molecule has 0 spiro atoms. The predicted molar refractivity (Wildman–Crippen MR) is 162 cm³/mol. The summed E-state index contributed by atoms with van der Waals surface area (Å²) in [6.45, 7) is 3.22. The fourth-order valence-corrected chi connectivity index (χ4v) is 5.35. The molecule has 5 aromatic rings. The first-order valence-electron chi connectivity index (χ1n) is 13.9. The topological polar surface area (TPSA) is 167 Å². The van der Waals surface area contributed by atoms with Crippen molar-refractivity contribution in [2.45, 2.75) is 37.7 Å². The first-order valence-corrected chi connectivity index (χ1v) is 13.9. The number of pyridine rings is 2. The van der Waals surface area contributed by atoms with Crippen molar-refractivity contribution < 1.29 is 23.8 Å². The number of aliphatic hydroxyl groups is 1. The van der Waals surface area contributed by atoms with Crippen LogP contribution in [0.25, 0.3) is 33.3 Å². The normalized spacial score (nSPS) is 17.1. The van der Waals surface area contributed by atoms with Crippen LogP contribution in [0.4, 0.5) is 10.3 Å². The second-order valence-corrected chi connectivity index (χ2v) is 11.4. The number of ether oxygens (including phenoxy) is 1. The van der Waals surface area contributed by atoms with Crippen LogP contribution in [0.2, 0.25) is 0 Å². The molecule has 0 fully saturated rings. The van der Waals surface area contributed by atoms with Gasteiger partial charge in [-0.05, 0) is 68.8 Å². The Morgan fingerprint density at radius 1 is 1.07 bits per heavy atom. The van der Waals surface area contributed by atoms with Crippen molar-refractivity contribution >= 4 is 28.5 Å². The fourth-order valence-electron chi connectivity index (χ4n) is 5.35. The Labute approximate surface area is 252 Å². The van der Waals surface area contributed by atoms with Crippen molar-refractivity contribution in [2.75, 3.05) is 12.3 Å². The molecule has 2 atom stereocenters. The third-order valence-corrected chi connectivity index (χ3v) is 8.13. The Kier molecular flexibility index (Phi) is 7.05. The summed E-state index contributed by atoms with van der Waals surface area (Å²) in [5.74, 6) is -0.754. The molecule has 3 aromatic heterocycles. The molecule has 11 heteroatoms. The van der Waals surface area contributed by atoms with Gasteiger partial charge in [-0.25, -0.2) is 19.3 Å². The summed E-state index contributed by atoms with van der Waals surface area (Å²) in [6, 6.07) is 14.4. The van der Waals surface area contributed by atoms with Gasteiger partial charge in [-0.15, -0.1) is 0 Å². The van der Waals surface area contributed by atoms with Gasteiger partial charge in [0.05, 0.1) is 11.2 Å². The molecule has 1 aliphatic rings. The number of Topliss-reactive ketones (excluding diaryl/α,β-unsaturated/α-hetero) is 1. The molecule has 0 saturated heterocycles. The molecule has 1 amide bonds. The lowest BCUT2D eigenvalue weighted by Crippen LogP contribution is -2.40. The first-order chi connectivity index (χ1) is 21.0. The zero-order valence-electron chi connectivity index (χ0n) is 24.0. The highest BCUT2D eigenvalue weighted by Gasteiger charge is 2.45. The van der Waals surface area contributed by atoms with Crippen LogP contribution in [0, 0.1) is 5.82 Å². The van der Waals surface area contributed by atoms with Gasteiger partial charge in [0, 0.05) is 58.2 Å². The molecule has 0 unspecified atom stereocenters. The second-order valence-electron chi connectivity index (χ2n) is 11.4. The van der Waals surface area contributed by atoms with Crippen molar-refractivity contribution in [3.05, 3.63) is 95.8 Å². The van der Waals surface area contributed by atoms with E-state index in [2.05, 4.69) is 15.0 Å². The molecular formula is C33H29FN6O4. The predicted octanol–water partition coefficient (Wildman–Crippen LogP) is 4.48. The van der Waals surface area contributed by atoms with E-state index in [0.29, 0.717) is 44.8 Å². The van der Waals surface area contributed by atoms with Crippen molar-refractivity contribution in [1.82, 2.24) is 19.9 Å². The standard InChI is InChI=1S/C33H29FN6O4/c1-32(30(35)42)17-44-29-24(32)14-26(40-28(29)18-5-7-22(34)8-6-18)33(2,43)10-9-25(41)20-12-19-4-3-11-37-27(19)23(13-20)21-15-38-31(36)39-16-21/h3-8,11-16,43H,9-10,17H2,1-2H3,(H2,35,42)(H2,36,38,39)/t32-,33-/m0/s1. The minimum absolute atomic E-state index is 0.00414. The summed E-state index contributed by atoms with van der Waals surface area (Å²) in [6.07, 6.45) is 4.81. The van der Waals surface area contributed by atoms with Crippen molar-refractivity contribution in [3.63, 3.8) is 0 Å². The molecule has 0 aliphatic carbocycles. The summed E-state index contributed by atoms with van der Waals surface area (Å²) in [7, 11) is 0. The maximum Gasteiger partial charge on any atom is 0.231 e. The van der Waals surface area contributed by atoms with E-state index >= 15 is 0 Å². The Hall–Kier alpha value is -5.29. The molecule has 2 aromatic carbocycles. The highest BCUT2D eigenvalue weighted by Crippen LogP contribution is 2.46. The van der Waals surface area contributed by atoms with Gasteiger partial charge in [0.2, 0.25) is 11.9 Å². The summed E-state index contributed by atoms with van der Waals surface area (Å²) in [5, 5.41) is 12.5. The zero-order valence-corrected chi connectivity index (χ0v) is 24.0. The highest BCUT2D eigenvalue weighted by molar-refractivity contribution is 6.04. The van der Waals surface area contributed by atoms with E-state index in [1.54, 1.807) is 68.8 Å². The molecule has 6 rings (SSSR count). The monoisotopic (exact) mass is 592 g/mol. The quantitative estimate of drug-likeness (QED) is 0.220. The van der Waals surface area contributed by atoms with Gasteiger partial charge in [-0.2, -0.15) is 0 Å². The third-order valence-electron chi connectivity index (χ3n) is 8.13. The summed E-state index contributed by atoms with van der Waals surface area (Å²) < 4.78 is 19.6. The lowest BCUT2D eigenvalue weighted by atomic mass is 9.81. The number of aromatic nitrogens is 4. The highest BCUT2D eigenvalue weighted by atomic mass is 19.1. The van der Waals surface area contributed by atoms with E-state index in [1.807, 2.05) is 6.07 Å². The largest absolute Gasteiger partial charge is 0.489 e. The molecule has 4 heterocycles. The van der Waals surface area contributed by atoms with Gasteiger partial charge in [-0.1, -0.05) is 6.07 Å². The molecule has 10 nitrogen and oxygen atoms in total. The maximum atomic E-state index is 13.7. The number of nitrogens with two attached hydrogens (primary N) is 2. The number of benzene rings is 2. The van der Waals surface area contributed by atoms with Crippen molar-refractivity contribution in [1.29, 1.82) is 0 Å². The maximum absolute atomic E-state index is 13.7. The van der Waals surface area contributed by atoms with Gasteiger partial charge >= 0.3 is 0 Å². The number of rotatable bonds is 8. The molecule has 44 heavy (non-hydrogen) atoms. The number of halogens is 1. The Balaban J connectivity index is 1.34. The van der Waals surface area contributed by atoms with Crippen molar-refractivity contribution in [2.24, 2.45) is 5.73 Å². The first kappa shape index (κ1) is 28.8. The van der Waals surface area contributed by atoms with Crippen LogP contribution in [0.3, 0.4) is 0 Å². The molecule has 0 radical (unpaired) electrons. The summed E-state index contributed by atoms with van der Waals surface area (Å²) >= 11 is 0. The van der Waals surface area contributed by atoms with E-state index < -0.39 is 22.7 Å². The minimum Gasteiger partial charge on any atom is -0.489 e. The van der Waals surface area contributed by atoms with E-state index in [9.17, 15) is 19.1 Å². The van der Waals surface area contributed by atoms with Gasteiger partial charge in [-0.3, -0.25) is 14.6 Å². The number of anilines is 1. The Bertz CT molecular complexity index is 1930. The van der Waals surface area contributed by atoms with Crippen molar-refractivity contribution in [3.8, 4) is 28.1 Å². The van der Waals surface area contributed by atoms with E-state index in [0.717, 1.165) is 5.39 Å². The van der Waals surface area contributed by atoms with Gasteiger partial charge < -0.3 is 21.3 Å². The van der Waals surface area contributed by atoms with Crippen LogP contribution in [-0.4, -0.2) is 43.3 Å². The smallest absolute Gasteiger partial charge is 0.231 e. The number of carbonyl (C=O) groups is 2. The number of hydrogen-bond donors (Lipinski definition) is 3. The Morgan fingerprint density at radius 2 is 1.80 bits per heavy atom. The number of amides is 1. The second kappa shape index (κ2) is 10.8. The SMILES string of the molecule is C[C@](O)(CCC(=O)c1cc(-c2cnc(N)nc2)c2ncccc2c1)c1cc2c(c(-c3ccc(F)cc3)n1)OC[C@]2(C)C(N)=O. The number of carbonyl (C=O) groups excluding carboxylic acids is 2. The van der Waals surface area contributed by atoms with E-state index in [1.165, 1.54) is 12.1 Å². The number of nitrogens with zero attached hydrogens (tertiary/aromatic N) is 4. The average molecular weight is 593 g/mol. The van der Waals surface area contributed by atoms with E-state index in [-0.39, 0.29) is 36.9 Å². The van der Waals surface area contributed by atoms with Crippen LogP contribution in [0.15, 0.2) is 73.2 Å². The Morgan fingerprint density at radius 3 is 2.50 bits per heavy atom. The van der Waals surface area contributed by atoms with Gasteiger partial charge in [0.1, 0.15) is 34.9 Å². The third kappa shape index (κ3) is 5.11. The molecule has 5 N–H and O–H groups in total. The lowest BCUT2D eigenvalue weighted by Gasteiger charge is -2.26. The minimum atomic E-state index is -1.59. The number of nitrogen functional groups attached to an aromatic ring is 1. The summed E-state index contributed by atoms with van der Waals surface area (Å²) in [4.78, 5) is 43.4. The lowest BCUT2D eigenvalue weighted by molar-refractivity contribution is -0.123. The number of fused-ring (bicyclic) bond motifs is 2. The molecule has 222 valence electrons. The molecular weight excluding hydrogens is 563 g/mol. The fraction of sp³-hybridized carbons (Fsp3) is 0.212. The van der Waals surface area contributed by atoms with Crippen LogP contribution >= 0.6 is 0 Å². The molecule has 1 aliphatic heterocycles. The van der Waals surface area contributed by atoms with Crippen LogP contribution < -0.4 is 16.2 Å². The summed E-state index contributed by atoms with van der Waals surface area (Å²) in [5.41, 5.74) is 12.7. The molecule has 0 bridgehead atoms. The van der Waals surface area contributed by atoms with Gasteiger partial charge in [0.15, 0.2) is 5.78 Å². The van der Waals surface area contributed by atoms with Crippen LogP contribution in [0.5, 0.6) is 5.75 Å². The number of hydrogen-bond acceptors (Lipinski definition) is 9. The van der Waals surface area contributed by atoms with E-state index in [4.69, 9.17) is 21.2 Å². The molecule has 0 saturated carbocycles. The zero-order chi connectivity index (χ0) is 31.2. The van der Waals surface area contributed by atoms with Gasteiger partial charge in [0.25, 0.3) is 0 Å². The number of ketones is 1. The average Bonchev–Trinajstić information content (AvgIpc) is 3.37. The number of primary amides is 1. The van der Waals surface area contributed by atoms with Crippen LogP contribution in [0.1, 0.15) is 48.3 Å².